The molecule has 1 aromatic heterocycles. The van der Waals surface area contributed by atoms with Gasteiger partial charge in [-0.15, -0.1) is 0 Å². The first-order valence-corrected chi connectivity index (χ1v) is 8.66. The van der Waals surface area contributed by atoms with E-state index >= 15 is 0 Å². The number of benzene rings is 2. The van der Waals surface area contributed by atoms with Crippen LogP contribution >= 0.6 is 11.6 Å². The monoisotopic (exact) mass is 334 g/mol. The molecule has 0 radical (unpaired) electrons. The molecule has 3 rings (SSSR count). The number of aromatic nitrogens is 1. The van der Waals surface area contributed by atoms with Crippen LogP contribution in [0.5, 0.6) is 0 Å². The van der Waals surface area contributed by atoms with Gasteiger partial charge in [-0.3, -0.25) is 0 Å². The second kappa shape index (κ2) is 5.34. The lowest BCUT2D eigenvalue weighted by molar-refractivity contribution is 0.589. The second-order valence-corrected chi connectivity index (χ2v) is 7.29. The number of hydrogen-bond acceptors (Lipinski definition) is 3. The summed E-state index contributed by atoms with van der Waals surface area (Å²) in [5, 5.41) is 1.30. The van der Waals surface area contributed by atoms with E-state index in [-0.39, 0.29) is 4.90 Å². The highest BCUT2D eigenvalue weighted by molar-refractivity contribution is 7.90. The first-order chi connectivity index (χ1) is 10.4. The van der Waals surface area contributed by atoms with Gasteiger partial charge in [-0.1, -0.05) is 30.7 Å². The smallest absolute Gasteiger partial charge is 0.268 e. The van der Waals surface area contributed by atoms with Gasteiger partial charge >= 0.3 is 0 Å². The van der Waals surface area contributed by atoms with Crippen LogP contribution in [0.2, 0.25) is 5.02 Å². The zero-order valence-corrected chi connectivity index (χ0v) is 13.5. The molecule has 3 aromatic rings. The molecular weight excluding hydrogens is 320 g/mol. The van der Waals surface area contributed by atoms with Gasteiger partial charge in [0, 0.05) is 22.3 Å². The van der Waals surface area contributed by atoms with Crippen LogP contribution in [-0.2, 0) is 16.4 Å². The van der Waals surface area contributed by atoms with Gasteiger partial charge in [0.15, 0.2) is 0 Å². The van der Waals surface area contributed by atoms with Crippen molar-refractivity contribution in [2.45, 2.75) is 18.2 Å². The summed E-state index contributed by atoms with van der Waals surface area (Å²) < 4.78 is 26.9. The molecule has 114 valence electrons. The van der Waals surface area contributed by atoms with Crippen molar-refractivity contribution in [3.63, 3.8) is 0 Å². The quantitative estimate of drug-likeness (QED) is 0.743. The number of halogens is 1. The first-order valence-electron chi connectivity index (χ1n) is 6.84. The average molecular weight is 335 g/mol. The molecule has 0 unspecified atom stereocenters. The third-order valence-corrected chi connectivity index (χ3v) is 5.60. The minimum absolute atomic E-state index is 0.166. The van der Waals surface area contributed by atoms with E-state index in [2.05, 4.69) is 0 Å². The summed E-state index contributed by atoms with van der Waals surface area (Å²) in [6.45, 7) is 1.97. The van der Waals surface area contributed by atoms with Crippen LogP contribution in [0.15, 0.2) is 53.6 Å². The minimum Gasteiger partial charge on any atom is -0.398 e. The second-order valence-electron chi connectivity index (χ2n) is 5.03. The first kappa shape index (κ1) is 14.9. The maximum Gasteiger partial charge on any atom is 0.268 e. The highest BCUT2D eigenvalue weighted by Gasteiger charge is 2.19. The van der Waals surface area contributed by atoms with Crippen LogP contribution in [0.3, 0.4) is 0 Å². The van der Waals surface area contributed by atoms with E-state index in [1.165, 1.54) is 16.2 Å². The van der Waals surface area contributed by atoms with E-state index in [4.69, 9.17) is 17.3 Å². The molecule has 22 heavy (non-hydrogen) atoms. The molecule has 0 amide bonds. The Labute approximate surface area is 134 Å². The van der Waals surface area contributed by atoms with Gasteiger partial charge in [0.2, 0.25) is 0 Å². The number of anilines is 1. The Hall–Kier alpha value is -1.98. The van der Waals surface area contributed by atoms with Crippen LogP contribution in [0.4, 0.5) is 5.69 Å². The number of hydrogen-bond donors (Lipinski definition) is 1. The molecule has 0 aliphatic heterocycles. The highest BCUT2D eigenvalue weighted by atomic mass is 35.5. The number of aryl methyl sites for hydroxylation is 1. The van der Waals surface area contributed by atoms with Crippen molar-refractivity contribution in [1.29, 1.82) is 0 Å². The van der Waals surface area contributed by atoms with Crippen molar-refractivity contribution in [3.8, 4) is 0 Å². The van der Waals surface area contributed by atoms with E-state index < -0.39 is 10.0 Å². The molecule has 2 aromatic carbocycles. The van der Waals surface area contributed by atoms with Gasteiger partial charge < -0.3 is 5.73 Å². The van der Waals surface area contributed by atoms with Crippen LogP contribution < -0.4 is 5.73 Å². The standard InChI is InChI=1S/C16H15ClN2O2S/c1-2-11-4-6-14(10-15(11)18)22(20,21)19-8-7-12-3-5-13(17)9-16(12)19/h3-10H,2,18H2,1H3. The lowest BCUT2D eigenvalue weighted by atomic mass is 10.1. The molecule has 0 saturated heterocycles. The zero-order chi connectivity index (χ0) is 15.9. The molecule has 4 nitrogen and oxygen atoms in total. The van der Waals surface area contributed by atoms with Crippen molar-refractivity contribution >= 4 is 38.2 Å². The summed E-state index contributed by atoms with van der Waals surface area (Å²) in [5.41, 5.74) is 7.89. The number of rotatable bonds is 3. The Morgan fingerprint density at radius 2 is 1.91 bits per heavy atom. The predicted octanol–water partition coefficient (Wildman–Crippen LogP) is 3.68. The lowest BCUT2D eigenvalue weighted by Crippen LogP contribution is -2.12. The van der Waals surface area contributed by atoms with E-state index in [9.17, 15) is 8.42 Å². The van der Waals surface area contributed by atoms with E-state index in [1.54, 1.807) is 36.4 Å². The summed E-state index contributed by atoms with van der Waals surface area (Å²) in [6, 6.07) is 11.7. The molecule has 0 fully saturated rings. The minimum atomic E-state index is -3.71. The van der Waals surface area contributed by atoms with Gasteiger partial charge in [-0.2, -0.15) is 0 Å². The summed E-state index contributed by atoms with van der Waals surface area (Å²) >= 11 is 5.98. The van der Waals surface area contributed by atoms with Gasteiger partial charge in [0.05, 0.1) is 10.4 Å². The molecule has 0 spiro atoms. The molecule has 6 heteroatoms. The van der Waals surface area contributed by atoms with Crippen molar-refractivity contribution in [2.75, 3.05) is 5.73 Å². The summed E-state index contributed by atoms with van der Waals surface area (Å²) in [6.07, 6.45) is 2.29. The largest absolute Gasteiger partial charge is 0.398 e. The van der Waals surface area contributed by atoms with E-state index in [1.807, 2.05) is 6.92 Å². The molecular formula is C16H15ClN2O2S. The average Bonchev–Trinajstić information content (AvgIpc) is 2.90. The van der Waals surface area contributed by atoms with Crippen molar-refractivity contribution in [3.05, 3.63) is 59.2 Å². The Balaban J connectivity index is 2.20. The summed E-state index contributed by atoms with van der Waals surface area (Å²) in [4.78, 5) is 0.166. The SMILES string of the molecule is CCc1ccc(S(=O)(=O)n2ccc3ccc(Cl)cc32)cc1N. The van der Waals surface area contributed by atoms with E-state index in [0.717, 1.165) is 17.4 Å². The fourth-order valence-corrected chi connectivity index (χ4v) is 4.00. The zero-order valence-electron chi connectivity index (χ0n) is 12.0. The Bertz CT molecular complexity index is 961. The normalized spacial score (nSPS) is 11.9. The highest BCUT2D eigenvalue weighted by Crippen LogP contribution is 2.26. The predicted molar refractivity (Wildman–Crippen MR) is 89.8 cm³/mol. The van der Waals surface area contributed by atoms with E-state index in [0.29, 0.717) is 16.2 Å². The number of nitrogens with two attached hydrogens (primary N) is 1. The summed E-state index contributed by atoms with van der Waals surface area (Å²) in [7, 11) is -3.71. The Morgan fingerprint density at radius 1 is 1.14 bits per heavy atom. The fraction of sp³-hybridized carbons (Fsp3) is 0.125. The number of nitrogen functional groups attached to an aromatic ring is 1. The molecule has 0 atom stereocenters. The molecule has 2 N–H and O–H groups in total. The van der Waals surface area contributed by atoms with Gasteiger partial charge in [0.1, 0.15) is 0 Å². The van der Waals surface area contributed by atoms with Gasteiger partial charge in [-0.05, 0) is 42.3 Å². The van der Waals surface area contributed by atoms with Crippen molar-refractivity contribution in [1.82, 2.24) is 3.97 Å². The number of nitrogens with zero attached hydrogens (tertiary/aromatic N) is 1. The fourth-order valence-electron chi connectivity index (χ4n) is 2.46. The molecule has 0 saturated carbocycles. The van der Waals surface area contributed by atoms with Gasteiger partial charge in [-0.25, -0.2) is 12.4 Å². The summed E-state index contributed by atoms with van der Waals surface area (Å²) in [5.74, 6) is 0. The maximum atomic E-state index is 12.8. The van der Waals surface area contributed by atoms with Crippen LogP contribution in [0.1, 0.15) is 12.5 Å². The molecule has 1 heterocycles. The Morgan fingerprint density at radius 3 is 2.59 bits per heavy atom. The molecule has 0 aliphatic rings. The molecule has 0 aliphatic carbocycles. The van der Waals surface area contributed by atoms with Crippen LogP contribution in [0.25, 0.3) is 10.9 Å². The van der Waals surface area contributed by atoms with Crippen LogP contribution in [-0.4, -0.2) is 12.4 Å². The third kappa shape index (κ3) is 2.36. The maximum absolute atomic E-state index is 12.8. The molecule has 0 bridgehead atoms. The topological polar surface area (TPSA) is 65.1 Å². The van der Waals surface area contributed by atoms with Gasteiger partial charge in [0.25, 0.3) is 10.0 Å². The van der Waals surface area contributed by atoms with Crippen molar-refractivity contribution < 1.29 is 8.42 Å². The lowest BCUT2D eigenvalue weighted by Gasteiger charge is -2.10. The van der Waals surface area contributed by atoms with Crippen molar-refractivity contribution in [2.24, 2.45) is 0 Å². The number of fused-ring (bicyclic) bond motifs is 1. The third-order valence-electron chi connectivity index (χ3n) is 3.67. The van der Waals surface area contributed by atoms with Crippen LogP contribution in [0, 0.1) is 0 Å². The Kier molecular flexibility index (Phi) is 3.62.